The molecule has 1 saturated heterocycles. The molecule has 6 nitrogen and oxygen atoms in total. The Hall–Kier alpha value is -1.67. The van der Waals surface area contributed by atoms with Crippen molar-refractivity contribution in [3.05, 3.63) is 34.6 Å². The summed E-state index contributed by atoms with van der Waals surface area (Å²) in [7, 11) is -3.50. The van der Waals surface area contributed by atoms with Crippen LogP contribution in [0.25, 0.3) is 0 Å². The minimum atomic E-state index is -3.50. The first-order valence-corrected chi connectivity index (χ1v) is 8.62. The highest BCUT2D eigenvalue weighted by molar-refractivity contribution is 7.91. The van der Waals surface area contributed by atoms with Crippen LogP contribution >= 0.6 is 11.6 Å². The van der Waals surface area contributed by atoms with Crippen molar-refractivity contribution in [3.63, 3.8) is 0 Å². The fourth-order valence-corrected chi connectivity index (χ4v) is 3.54. The standard InChI is InChI=1S/C13H13ClFNO5S/c1-22(20,21)8-5-11(13(18)19)16(6-8)12(17)9-4-7(15)2-3-10(9)14/h2-4,8,11H,5-6H2,1H3,(H,18,19)/t8-,11+/m1/s1. The lowest BCUT2D eigenvalue weighted by molar-refractivity contribution is -0.141. The minimum Gasteiger partial charge on any atom is -0.480 e. The summed E-state index contributed by atoms with van der Waals surface area (Å²) in [5.41, 5.74) is -0.193. The number of likely N-dealkylation sites (tertiary alicyclic amines) is 1. The molecule has 120 valence electrons. The number of carbonyl (C=O) groups is 2. The number of rotatable bonds is 3. The second kappa shape index (κ2) is 5.85. The maximum absolute atomic E-state index is 13.3. The molecule has 1 N–H and O–H groups in total. The van der Waals surface area contributed by atoms with E-state index in [-0.39, 0.29) is 23.6 Å². The summed E-state index contributed by atoms with van der Waals surface area (Å²) in [4.78, 5) is 24.6. The number of nitrogens with zero attached hydrogens (tertiary/aromatic N) is 1. The molecule has 1 aliphatic rings. The number of hydrogen-bond acceptors (Lipinski definition) is 4. The predicted molar refractivity (Wildman–Crippen MR) is 77.1 cm³/mol. The maximum Gasteiger partial charge on any atom is 0.326 e. The first-order valence-electron chi connectivity index (χ1n) is 6.29. The van der Waals surface area contributed by atoms with Gasteiger partial charge in [-0.2, -0.15) is 0 Å². The number of halogens is 2. The molecule has 0 aromatic heterocycles. The van der Waals surface area contributed by atoms with Gasteiger partial charge in [-0.15, -0.1) is 0 Å². The van der Waals surface area contributed by atoms with E-state index >= 15 is 0 Å². The zero-order valence-electron chi connectivity index (χ0n) is 11.5. The lowest BCUT2D eigenvalue weighted by Gasteiger charge is -2.21. The second-order valence-corrected chi connectivity index (χ2v) is 7.86. The second-order valence-electron chi connectivity index (χ2n) is 5.12. The van der Waals surface area contributed by atoms with E-state index in [2.05, 4.69) is 0 Å². The predicted octanol–water partition coefficient (Wildman–Crippen LogP) is 1.19. The monoisotopic (exact) mass is 349 g/mol. The van der Waals surface area contributed by atoms with Gasteiger partial charge >= 0.3 is 5.97 Å². The molecular weight excluding hydrogens is 337 g/mol. The van der Waals surface area contributed by atoms with Gasteiger partial charge in [0.2, 0.25) is 0 Å². The number of sulfone groups is 1. The molecule has 2 rings (SSSR count). The molecule has 1 aromatic carbocycles. The highest BCUT2D eigenvalue weighted by atomic mass is 35.5. The molecule has 1 aliphatic heterocycles. The average Bonchev–Trinajstić information content (AvgIpc) is 2.86. The zero-order valence-corrected chi connectivity index (χ0v) is 13.1. The van der Waals surface area contributed by atoms with Crippen LogP contribution in [0.4, 0.5) is 4.39 Å². The van der Waals surface area contributed by atoms with E-state index in [9.17, 15) is 27.5 Å². The Morgan fingerprint density at radius 1 is 1.41 bits per heavy atom. The smallest absolute Gasteiger partial charge is 0.326 e. The van der Waals surface area contributed by atoms with Crippen LogP contribution in [0.15, 0.2) is 18.2 Å². The normalized spacial score (nSPS) is 21.9. The summed E-state index contributed by atoms with van der Waals surface area (Å²) < 4.78 is 36.5. The molecule has 2 atom stereocenters. The van der Waals surface area contributed by atoms with Crippen molar-refractivity contribution >= 4 is 33.3 Å². The number of benzene rings is 1. The van der Waals surface area contributed by atoms with Crippen molar-refractivity contribution < 1.29 is 27.5 Å². The molecule has 0 spiro atoms. The van der Waals surface area contributed by atoms with Gasteiger partial charge in [-0.1, -0.05) is 11.6 Å². The molecular formula is C13H13ClFNO5S. The molecule has 0 saturated carbocycles. The Morgan fingerprint density at radius 2 is 2.05 bits per heavy atom. The Balaban J connectivity index is 2.38. The molecule has 1 heterocycles. The summed E-state index contributed by atoms with van der Waals surface area (Å²) in [6.07, 6.45) is 0.784. The van der Waals surface area contributed by atoms with Gasteiger partial charge in [-0.3, -0.25) is 4.79 Å². The molecule has 0 aliphatic carbocycles. The van der Waals surface area contributed by atoms with E-state index < -0.39 is 38.8 Å². The summed E-state index contributed by atoms with van der Waals surface area (Å²) in [5.74, 6) is -2.81. The summed E-state index contributed by atoms with van der Waals surface area (Å²) in [5, 5.41) is 8.19. The highest BCUT2D eigenvalue weighted by Gasteiger charge is 2.44. The van der Waals surface area contributed by atoms with Gasteiger partial charge in [0.1, 0.15) is 11.9 Å². The number of carboxylic acid groups (broad SMARTS) is 1. The van der Waals surface area contributed by atoms with Gasteiger partial charge in [-0.05, 0) is 24.6 Å². The number of aliphatic carboxylic acids is 1. The molecule has 1 amide bonds. The average molecular weight is 350 g/mol. The zero-order chi connectivity index (χ0) is 16.7. The largest absolute Gasteiger partial charge is 0.480 e. The molecule has 22 heavy (non-hydrogen) atoms. The summed E-state index contributed by atoms with van der Waals surface area (Å²) in [6, 6.07) is 1.87. The quantitative estimate of drug-likeness (QED) is 0.885. The first kappa shape index (κ1) is 16.7. The van der Waals surface area contributed by atoms with Crippen molar-refractivity contribution in [2.24, 2.45) is 0 Å². The molecule has 9 heteroatoms. The van der Waals surface area contributed by atoms with Crippen LogP contribution in [0.1, 0.15) is 16.8 Å². The van der Waals surface area contributed by atoms with Crippen LogP contribution in [0, 0.1) is 5.82 Å². The van der Waals surface area contributed by atoms with Crippen LogP contribution in [0.3, 0.4) is 0 Å². The summed E-state index contributed by atoms with van der Waals surface area (Å²) >= 11 is 5.84. The lowest BCUT2D eigenvalue weighted by Crippen LogP contribution is -2.40. The van der Waals surface area contributed by atoms with Crippen LogP contribution in [0.2, 0.25) is 5.02 Å². The molecule has 0 bridgehead atoms. The van der Waals surface area contributed by atoms with Gasteiger partial charge in [0.05, 0.1) is 15.8 Å². The van der Waals surface area contributed by atoms with E-state index in [0.717, 1.165) is 23.3 Å². The minimum absolute atomic E-state index is 0.0293. The molecule has 0 unspecified atom stereocenters. The Bertz CT molecular complexity index is 736. The van der Waals surface area contributed by atoms with Gasteiger partial charge in [0, 0.05) is 12.8 Å². The Labute approximate surface area is 131 Å². The van der Waals surface area contributed by atoms with Crippen molar-refractivity contribution in [3.8, 4) is 0 Å². The number of hydrogen-bond donors (Lipinski definition) is 1. The van der Waals surface area contributed by atoms with Gasteiger partial charge in [-0.25, -0.2) is 17.6 Å². The fourth-order valence-electron chi connectivity index (χ4n) is 2.38. The van der Waals surface area contributed by atoms with Gasteiger partial charge in [0.15, 0.2) is 9.84 Å². The molecule has 1 fully saturated rings. The van der Waals surface area contributed by atoms with Crippen molar-refractivity contribution in [2.75, 3.05) is 12.8 Å². The van der Waals surface area contributed by atoms with Crippen molar-refractivity contribution in [2.45, 2.75) is 17.7 Å². The lowest BCUT2D eigenvalue weighted by atomic mass is 10.1. The van der Waals surface area contributed by atoms with Crippen LogP contribution in [-0.4, -0.2) is 54.4 Å². The fraction of sp³-hybridized carbons (Fsp3) is 0.385. The van der Waals surface area contributed by atoms with Crippen molar-refractivity contribution in [1.82, 2.24) is 4.90 Å². The highest BCUT2D eigenvalue weighted by Crippen LogP contribution is 2.27. The Kier molecular flexibility index (Phi) is 4.44. The third-order valence-electron chi connectivity index (χ3n) is 3.57. The first-order chi connectivity index (χ1) is 10.1. The van der Waals surface area contributed by atoms with E-state index in [1.54, 1.807) is 0 Å². The number of amides is 1. The molecule has 0 radical (unpaired) electrons. The van der Waals surface area contributed by atoms with E-state index in [4.69, 9.17) is 11.6 Å². The van der Waals surface area contributed by atoms with Gasteiger partial charge < -0.3 is 10.0 Å². The van der Waals surface area contributed by atoms with Crippen molar-refractivity contribution in [1.29, 1.82) is 0 Å². The van der Waals surface area contributed by atoms with Crippen LogP contribution < -0.4 is 0 Å². The van der Waals surface area contributed by atoms with E-state index in [0.29, 0.717) is 0 Å². The summed E-state index contributed by atoms with van der Waals surface area (Å²) in [6.45, 7) is -0.262. The van der Waals surface area contributed by atoms with E-state index in [1.165, 1.54) is 6.07 Å². The topological polar surface area (TPSA) is 91.8 Å². The van der Waals surface area contributed by atoms with Crippen LogP contribution in [-0.2, 0) is 14.6 Å². The SMILES string of the molecule is CS(=O)(=O)[C@@H]1C[C@@H](C(=O)O)N(C(=O)c2cc(F)ccc2Cl)C1. The molecule has 1 aromatic rings. The third-order valence-corrected chi connectivity index (χ3v) is 5.46. The maximum atomic E-state index is 13.3. The number of carboxylic acids is 1. The third kappa shape index (κ3) is 3.22. The Morgan fingerprint density at radius 3 is 2.59 bits per heavy atom. The van der Waals surface area contributed by atoms with Gasteiger partial charge in [0.25, 0.3) is 5.91 Å². The van der Waals surface area contributed by atoms with Crippen LogP contribution in [0.5, 0.6) is 0 Å². The number of carbonyl (C=O) groups excluding carboxylic acids is 1. The van der Waals surface area contributed by atoms with E-state index in [1.807, 2.05) is 0 Å².